The summed E-state index contributed by atoms with van der Waals surface area (Å²) in [6.45, 7) is 0.592. The highest BCUT2D eigenvalue weighted by Gasteiger charge is 2.29. The van der Waals surface area contributed by atoms with E-state index in [-0.39, 0.29) is 37.8 Å². The fraction of sp³-hybridized carbons (Fsp3) is 0.200. The molecule has 0 saturated carbocycles. The van der Waals surface area contributed by atoms with Gasteiger partial charge in [0.25, 0.3) is 0 Å². The van der Waals surface area contributed by atoms with E-state index >= 15 is 0 Å². The van der Waals surface area contributed by atoms with E-state index in [1.54, 1.807) is 5.38 Å². The van der Waals surface area contributed by atoms with Crippen LogP contribution in [-0.2, 0) is 27.3 Å². The van der Waals surface area contributed by atoms with Crippen LogP contribution in [0.15, 0.2) is 84.2 Å². The maximum atomic E-state index is 13.0. The van der Waals surface area contributed by atoms with Gasteiger partial charge in [0, 0.05) is 24.4 Å². The van der Waals surface area contributed by atoms with Gasteiger partial charge < -0.3 is 14.7 Å². The zero-order valence-electron chi connectivity index (χ0n) is 21.1. The number of carboxylic acids is 1. The van der Waals surface area contributed by atoms with Crippen molar-refractivity contribution in [1.29, 1.82) is 0 Å². The van der Waals surface area contributed by atoms with Crippen molar-refractivity contribution >= 4 is 34.4 Å². The number of fused-ring (bicyclic) bond motifs is 3. The molecule has 9 heteroatoms. The lowest BCUT2D eigenvalue weighted by molar-refractivity contribution is -0.138. The number of anilines is 1. The summed E-state index contributed by atoms with van der Waals surface area (Å²) in [7, 11) is 0. The predicted octanol–water partition coefficient (Wildman–Crippen LogP) is 5.55. The number of nitrogens with zero attached hydrogens (tertiary/aromatic N) is 2. The third kappa shape index (κ3) is 6.32. The van der Waals surface area contributed by atoms with Crippen LogP contribution in [0.4, 0.5) is 9.93 Å². The molecule has 198 valence electrons. The number of carboxylic acid groups (broad SMARTS) is 1. The van der Waals surface area contributed by atoms with Gasteiger partial charge in [0.1, 0.15) is 6.61 Å². The lowest BCUT2D eigenvalue weighted by atomic mass is 9.98. The standard InChI is InChI=1S/C30H27N3O5S/c34-27(33(15-14-28(35)36)17-20-8-2-1-3-9-20)16-21-19-39-29(31-21)32-30(37)38-18-26-24-12-6-4-10-22(24)23-11-5-7-13-25(23)26/h1-13,19,26H,14-18H2,(H,35,36)(H,31,32,37). The Morgan fingerprint density at radius 3 is 2.23 bits per heavy atom. The average Bonchev–Trinajstić information content (AvgIpc) is 3.51. The number of aliphatic carboxylic acids is 1. The molecule has 8 nitrogen and oxygen atoms in total. The van der Waals surface area contributed by atoms with Crippen molar-refractivity contribution < 1.29 is 24.2 Å². The molecule has 39 heavy (non-hydrogen) atoms. The van der Waals surface area contributed by atoms with Crippen molar-refractivity contribution in [2.24, 2.45) is 0 Å². The quantitative estimate of drug-likeness (QED) is 0.273. The maximum absolute atomic E-state index is 13.0. The number of carbonyl (C=O) groups is 3. The molecule has 0 bridgehead atoms. The summed E-state index contributed by atoms with van der Waals surface area (Å²) in [5, 5.41) is 13.8. The molecular weight excluding hydrogens is 514 g/mol. The van der Waals surface area contributed by atoms with E-state index in [9.17, 15) is 14.4 Å². The van der Waals surface area contributed by atoms with Gasteiger partial charge in [0.05, 0.1) is 18.5 Å². The largest absolute Gasteiger partial charge is 0.481 e. The highest BCUT2D eigenvalue weighted by Crippen LogP contribution is 2.44. The first-order valence-corrected chi connectivity index (χ1v) is 13.5. The third-order valence-corrected chi connectivity index (χ3v) is 7.41. The highest BCUT2D eigenvalue weighted by molar-refractivity contribution is 7.13. The van der Waals surface area contributed by atoms with E-state index in [0.29, 0.717) is 17.4 Å². The number of hydrogen-bond donors (Lipinski definition) is 2. The first kappa shape index (κ1) is 26.1. The molecule has 0 fully saturated rings. The number of rotatable bonds is 10. The van der Waals surface area contributed by atoms with Crippen LogP contribution in [0.1, 0.15) is 34.7 Å². The molecule has 1 heterocycles. The van der Waals surface area contributed by atoms with Crippen LogP contribution >= 0.6 is 11.3 Å². The van der Waals surface area contributed by atoms with Gasteiger partial charge in [-0.15, -0.1) is 11.3 Å². The Balaban J connectivity index is 1.18. The first-order chi connectivity index (χ1) is 19.0. The summed E-state index contributed by atoms with van der Waals surface area (Å²) in [5.74, 6) is -1.25. The van der Waals surface area contributed by atoms with Crippen LogP contribution in [0.5, 0.6) is 0 Å². The molecular formula is C30H27N3O5S. The number of ether oxygens (including phenoxy) is 1. The Labute approximate surface area is 229 Å². The molecule has 1 aliphatic carbocycles. The number of aromatic nitrogens is 1. The Morgan fingerprint density at radius 2 is 1.56 bits per heavy atom. The van der Waals surface area contributed by atoms with Gasteiger partial charge in [-0.2, -0.15) is 0 Å². The molecule has 2 N–H and O–H groups in total. The predicted molar refractivity (Wildman–Crippen MR) is 149 cm³/mol. The van der Waals surface area contributed by atoms with Gasteiger partial charge in [0.15, 0.2) is 5.13 Å². The highest BCUT2D eigenvalue weighted by atomic mass is 32.1. The molecule has 1 aromatic heterocycles. The lowest BCUT2D eigenvalue weighted by Gasteiger charge is -2.22. The molecule has 0 spiro atoms. The van der Waals surface area contributed by atoms with Gasteiger partial charge in [-0.1, -0.05) is 78.9 Å². The SMILES string of the molecule is O=C(O)CCN(Cc1ccccc1)C(=O)Cc1csc(NC(=O)OCC2c3ccccc3-c3ccccc32)n1. The van der Waals surface area contributed by atoms with Crippen LogP contribution in [0.3, 0.4) is 0 Å². The Kier molecular flexibility index (Phi) is 7.98. The van der Waals surface area contributed by atoms with E-state index in [0.717, 1.165) is 27.8 Å². The Morgan fingerprint density at radius 1 is 0.923 bits per heavy atom. The molecule has 0 atom stereocenters. The van der Waals surface area contributed by atoms with Crippen LogP contribution in [-0.4, -0.2) is 46.1 Å². The van der Waals surface area contributed by atoms with E-state index in [1.807, 2.05) is 54.6 Å². The fourth-order valence-corrected chi connectivity index (χ4v) is 5.46. The number of hydrogen-bond acceptors (Lipinski definition) is 6. The summed E-state index contributed by atoms with van der Waals surface area (Å²) in [4.78, 5) is 42.6. The Bertz CT molecular complexity index is 1440. The number of thiazole rings is 1. The molecule has 2 amide bonds. The molecule has 5 rings (SSSR count). The minimum atomic E-state index is -0.968. The lowest BCUT2D eigenvalue weighted by Crippen LogP contribution is -2.33. The van der Waals surface area contributed by atoms with E-state index in [2.05, 4.69) is 34.6 Å². The topological polar surface area (TPSA) is 109 Å². The minimum Gasteiger partial charge on any atom is -0.481 e. The molecule has 0 unspecified atom stereocenters. The molecule has 3 aromatic carbocycles. The summed E-state index contributed by atoms with van der Waals surface area (Å²) >= 11 is 1.20. The van der Waals surface area contributed by atoms with Gasteiger partial charge >= 0.3 is 12.1 Å². The van der Waals surface area contributed by atoms with Gasteiger partial charge in [-0.3, -0.25) is 14.9 Å². The summed E-state index contributed by atoms with van der Waals surface area (Å²) in [6, 6.07) is 25.7. The monoisotopic (exact) mass is 541 g/mol. The van der Waals surface area contributed by atoms with Crippen LogP contribution in [0, 0.1) is 0 Å². The maximum Gasteiger partial charge on any atom is 0.413 e. The van der Waals surface area contributed by atoms with Crippen LogP contribution in [0.2, 0.25) is 0 Å². The molecule has 0 aliphatic heterocycles. The minimum absolute atomic E-state index is 0.00464. The van der Waals surface area contributed by atoms with E-state index < -0.39 is 12.1 Å². The van der Waals surface area contributed by atoms with Crippen molar-refractivity contribution in [3.05, 3.63) is 107 Å². The van der Waals surface area contributed by atoms with Crippen LogP contribution < -0.4 is 5.32 Å². The summed E-state index contributed by atoms with van der Waals surface area (Å²) < 4.78 is 5.58. The van der Waals surface area contributed by atoms with Crippen molar-refractivity contribution in [3.63, 3.8) is 0 Å². The molecule has 4 aromatic rings. The summed E-state index contributed by atoms with van der Waals surface area (Å²) in [5.41, 5.74) is 5.97. The third-order valence-electron chi connectivity index (χ3n) is 6.60. The number of amides is 2. The average molecular weight is 542 g/mol. The zero-order valence-corrected chi connectivity index (χ0v) is 21.9. The number of carbonyl (C=O) groups excluding carboxylic acids is 2. The summed E-state index contributed by atoms with van der Waals surface area (Å²) in [6.07, 6.45) is -0.768. The van der Waals surface area contributed by atoms with Gasteiger partial charge in [-0.25, -0.2) is 9.78 Å². The molecule has 1 aliphatic rings. The van der Waals surface area contributed by atoms with E-state index in [4.69, 9.17) is 9.84 Å². The van der Waals surface area contributed by atoms with E-state index in [1.165, 1.54) is 16.2 Å². The molecule has 0 radical (unpaired) electrons. The van der Waals surface area contributed by atoms with Crippen molar-refractivity contribution in [3.8, 4) is 11.1 Å². The second-order valence-corrected chi connectivity index (χ2v) is 10.1. The van der Waals surface area contributed by atoms with Crippen LogP contribution in [0.25, 0.3) is 11.1 Å². The van der Waals surface area contributed by atoms with Crippen molar-refractivity contribution in [2.45, 2.75) is 25.3 Å². The first-order valence-electron chi connectivity index (χ1n) is 12.6. The zero-order chi connectivity index (χ0) is 27.2. The Hall–Kier alpha value is -4.50. The van der Waals surface area contributed by atoms with Crippen molar-refractivity contribution in [1.82, 2.24) is 9.88 Å². The number of nitrogens with one attached hydrogen (secondary N) is 1. The van der Waals surface area contributed by atoms with Gasteiger partial charge in [-0.05, 0) is 27.8 Å². The normalized spacial score (nSPS) is 11.9. The fourth-order valence-electron chi connectivity index (χ4n) is 4.76. The second-order valence-electron chi connectivity index (χ2n) is 9.22. The smallest absolute Gasteiger partial charge is 0.413 e. The molecule has 0 saturated heterocycles. The number of benzene rings is 3. The second kappa shape index (κ2) is 11.9. The van der Waals surface area contributed by atoms with Crippen molar-refractivity contribution in [2.75, 3.05) is 18.5 Å². The van der Waals surface area contributed by atoms with Gasteiger partial charge in [0.2, 0.25) is 5.91 Å².